The Morgan fingerprint density at radius 1 is 1.41 bits per heavy atom. The minimum atomic E-state index is -0.639. The topological polar surface area (TPSA) is 58.6 Å². The smallest absolute Gasteiger partial charge is 0.251 e. The first-order chi connectivity index (χ1) is 8.12. The maximum absolute atomic E-state index is 12.0. The molecule has 2 aliphatic rings. The van der Waals surface area contributed by atoms with Crippen LogP contribution in [0.4, 0.5) is 0 Å². The quantitative estimate of drug-likeness (QED) is 0.781. The number of aliphatic hydroxyl groups excluding tert-OH is 1. The molecule has 3 atom stereocenters. The van der Waals surface area contributed by atoms with Gasteiger partial charge in [-0.25, -0.2) is 0 Å². The molecule has 1 saturated heterocycles. The van der Waals surface area contributed by atoms with Crippen LogP contribution >= 0.6 is 0 Å². The second-order valence-electron chi connectivity index (χ2n) is 5.50. The fourth-order valence-corrected chi connectivity index (χ4v) is 2.80. The number of nitrogens with one attached hydrogen (secondary N) is 1. The van der Waals surface area contributed by atoms with Crippen molar-refractivity contribution in [2.75, 3.05) is 13.2 Å². The zero-order valence-corrected chi connectivity index (χ0v) is 10.6. The van der Waals surface area contributed by atoms with E-state index in [2.05, 4.69) is 5.32 Å². The zero-order chi connectivity index (χ0) is 12.3. The third-order valence-electron chi connectivity index (χ3n) is 4.09. The fourth-order valence-electron chi connectivity index (χ4n) is 2.80. The molecule has 1 saturated carbocycles. The highest BCUT2D eigenvalue weighted by molar-refractivity contribution is 5.84. The molecule has 2 rings (SSSR count). The fraction of sp³-hybridized carbons (Fsp3) is 0.923. The summed E-state index contributed by atoms with van der Waals surface area (Å²) in [7, 11) is 0. The molecule has 0 aromatic rings. The Labute approximate surface area is 103 Å². The van der Waals surface area contributed by atoms with Gasteiger partial charge in [0.05, 0.1) is 6.10 Å². The number of hydrogen-bond donors (Lipinski definition) is 2. The van der Waals surface area contributed by atoms with Crippen LogP contribution in [0, 0.1) is 5.92 Å². The Balaban J connectivity index is 1.79. The lowest BCUT2D eigenvalue weighted by atomic mass is 9.86. The van der Waals surface area contributed by atoms with Crippen molar-refractivity contribution in [1.29, 1.82) is 0 Å². The first-order valence-electron chi connectivity index (χ1n) is 6.72. The van der Waals surface area contributed by atoms with Crippen LogP contribution in [0.25, 0.3) is 0 Å². The largest absolute Gasteiger partial charge is 0.393 e. The lowest BCUT2D eigenvalue weighted by molar-refractivity contribution is -0.139. The van der Waals surface area contributed by atoms with Gasteiger partial charge in [-0.05, 0) is 32.6 Å². The molecule has 3 unspecified atom stereocenters. The molecule has 4 heteroatoms. The Bertz CT molecular complexity index is 274. The number of ether oxygens (including phenoxy) is 1. The van der Waals surface area contributed by atoms with Gasteiger partial charge in [0.15, 0.2) is 0 Å². The van der Waals surface area contributed by atoms with Gasteiger partial charge in [-0.15, -0.1) is 0 Å². The van der Waals surface area contributed by atoms with Crippen LogP contribution in [0.3, 0.4) is 0 Å². The molecule has 0 spiro atoms. The molecule has 0 aromatic carbocycles. The van der Waals surface area contributed by atoms with Crippen LogP contribution in [0.2, 0.25) is 0 Å². The third kappa shape index (κ3) is 2.99. The maximum Gasteiger partial charge on any atom is 0.251 e. The van der Waals surface area contributed by atoms with Crippen molar-refractivity contribution in [2.24, 2.45) is 5.92 Å². The van der Waals surface area contributed by atoms with Gasteiger partial charge in [-0.2, -0.15) is 0 Å². The highest BCUT2D eigenvalue weighted by atomic mass is 16.5. The lowest BCUT2D eigenvalue weighted by Crippen LogP contribution is -2.47. The van der Waals surface area contributed by atoms with Crippen LogP contribution in [0.15, 0.2) is 0 Å². The van der Waals surface area contributed by atoms with Gasteiger partial charge < -0.3 is 15.2 Å². The minimum absolute atomic E-state index is 0.0206. The number of hydrogen-bond acceptors (Lipinski definition) is 3. The first kappa shape index (κ1) is 12.8. The van der Waals surface area contributed by atoms with Crippen LogP contribution in [0.5, 0.6) is 0 Å². The highest BCUT2D eigenvalue weighted by Gasteiger charge is 2.38. The lowest BCUT2D eigenvalue weighted by Gasteiger charge is -2.29. The Kier molecular flexibility index (Phi) is 4.05. The predicted molar refractivity (Wildman–Crippen MR) is 64.6 cm³/mol. The Morgan fingerprint density at radius 2 is 2.18 bits per heavy atom. The molecule has 1 heterocycles. The number of amides is 1. The summed E-state index contributed by atoms with van der Waals surface area (Å²) in [6, 6.07) is 0. The van der Waals surface area contributed by atoms with Crippen molar-refractivity contribution >= 4 is 5.91 Å². The molecular weight excluding hydrogens is 218 g/mol. The molecule has 1 aliphatic heterocycles. The van der Waals surface area contributed by atoms with Crippen molar-refractivity contribution in [3.05, 3.63) is 0 Å². The van der Waals surface area contributed by atoms with Crippen LogP contribution in [0.1, 0.15) is 45.4 Å². The van der Waals surface area contributed by atoms with Crippen LogP contribution in [-0.4, -0.2) is 35.9 Å². The standard InChI is InChI=1S/C13H23NO3/c1-13(7-4-8-17-13)12(16)14-9-10-5-2-3-6-11(10)15/h10-11,15H,2-9H2,1H3,(H,14,16). The molecule has 4 nitrogen and oxygen atoms in total. The van der Waals surface area contributed by atoms with E-state index in [1.165, 1.54) is 0 Å². The van der Waals surface area contributed by atoms with Crippen molar-refractivity contribution in [3.8, 4) is 0 Å². The average Bonchev–Trinajstić information content (AvgIpc) is 2.76. The summed E-state index contributed by atoms with van der Waals surface area (Å²) in [5.74, 6) is 0.200. The predicted octanol–water partition coefficient (Wildman–Crippen LogP) is 1.22. The van der Waals surface area contributed by atoms with Gasteiger partial charge in [-0.3, -0.25) is 4.79 Å². The van der Waals surface area contributed by atoms with Crippen LogP contribution < -0.4 is 5.32 Å². The zero-order valence-electron chi connectivity index (χ0n) is 10.6. The highest BCUT2D eigenvalue weighted by Crippen LogP contribution is 2.26. The van der Waals surface area contributed by atoms with Gasteiger partial charge in [0.1, 0.15) is 5.60 Å². The SMILES string of the molecule is CC1(C(=O)NCC2CCCCC2O)CCCO1. The molecule has 1 aliphatic carbocycles. The molecular formula is C13H23NO3. The van der Waals surface area contributed by atoms with E-state index in [0.29, 0.717) is 13.2 Å². The molecule has 1 amide bonds. The van der Waals surface area contributed by atoms with E-state index in [-0.39, 0.29) is 17.9 Å². The van der Waals surface area contributed by atoms with E-state index in [9.17, 15) is 9.90 Å². The van der Waals surface area contributed by atoms with Crippen molar-refractivity contribution in [1.82, 2.24) is 5.32 Å². The van der Waals surface area contributed by atoms with Crippen molar-refractivity contribution < 1.29 is 14.6 Å². The molecule has 2 N–H and O–H groups in total. The van der Waals surface area contributed by atoms with E-state index in [4.69, 9.17) is 4.74 Å². The average molecular weight is 241 g/mol. The summed E-state index contributed by atoms with van der Waals surface area (Å²) in [5.41, 5.74) is -0.639. The van der Waals surface area contributed by atoms with E-state index >= 15 is 0 Å². The van der Waals surface area contributed by atoms with E-state index in [1.807, 2.05) is 6.92 Å². The summed E-state index contributed by atoms with van der Waals surface area (Å²) in [4.78, 5) is 12.0. The second-order valence-corrected chi connectivity index (χ2v) is 5.50. The molecule has 2 fully saturated rings. The number of carbonyl (C=O) groups is 1. The van der Waals surface area contributed by atoms with E-state index < -0.39 is 5.60 Å². The Morgan fingerprint density at radius 3 is 2.82 bits per heavy atom. The van der Waals surface area contributed by atoms with E-state index in [0.717, 1.165) is 38.5 Å². The normalized spacial score (nSPS) is 38.0. The molecule has 0 bridgehead atoms. The number of aliphatic hydroxyl groups is 1. The summed E-state index contributed by atoms with van der Waals surface area (Å²) in [5, 5.41) is 12.8. The monoisotopic (exact) mass is 241 g/mol. The van der Waals surface area contributed by atoms with Gasteiger partial charge in [0, 0.05) is 19.1 Å². The summed E-state index contributed by atoms with van der Waals surface area (Å²) in [6.07, 6.45) is 5.65. The molecule has 17 heavy (non-hydrogen) atoms. The Hall–Kier alpha value is -0.610. The van der Waals surface area contributed by atoms with Crippen molar-refractivity contribution in [3.63, 3.8) is 0 Å². The number of carbonyl (C=O) groups excluding carboxylic acids is 1. The van der Waals surface area contributed by atoms with Gasteiger partial charge in [-0.1, -0.05) is 12.8 Å². The summed E-state index contributed by atoms with van der Waals surface area (Å²) in [6.45, 7) is 3.11. The molecule has 0 radical (unpaired) electrons. The molecule has 0 aromatic heterocycles. The molecule has 98 valence electrons. The maximum atomic E-state index is 12.0. The van der Waals surface area contributed by atoms with Gasteiger partial charge >= 0.3 is 0 Å². The van der Waals surface area contributed by atoms with Crippen molar-refractivity contribution in [2.45, 2.75) is 57.2 Å². The third-order valence-corrected chi connectivity index (χ3v) is 4.09. The first-order valence-corrected chi connectivity index (χ1v) is 6.72. The minimum Gasteiger partial charge on any atom is -0.393 e. The second kappa shape index (κ2) is 5.36. The number of rotatable bonds is 3. The van der Waals surface area contributed by atoms with Crippen LogP contribution in [-0.2, 0) is 9.53 Å². The van der Waals surface area contributed by atoms with E-state index in [1.54, 1.807) is 0 Å². The van der Waals surface area contributed by atoms with Gasteiger partial charge in [0.2, 0.25) is 0 Å². The van der Waals surface area contributed by atoms with Gasteiger partial charge in [0.25, 0.3) is 5.91 Å². The summed E-state index contributed by atoms with van der Waals surface area (Å²) < 4.78 is 5.49. The summed E-state index contributed by atoms with van der Waals surface area (Å²) >= 11 is 0.